The van der Waals surface area contributed by atoms with Crippen LogP contribution in [0.5, 0.6) is 0 Å². The number of nitrogens with zero attached hydrogens (tertiary/aromatic N) is 5. The summed E-state index contributed by atoms with van der Waals surface area (Å²) in [6, 6.07) is 3.80. The van der Waals surface area contributed by atoms with Crippen LogP contribution in [0, 0.1) is 0 Å². The SMILES string of the molecule is CO[C@]1(C)O[C@H]2SC(=O)N2S(C(=O)O)=C1CSc1nnnn1C.NC(=O)Cc1cccs1. The molecule has 174 valence electrons. The van der Waals surface area contributed by atoms with E-state index in [-0.39, 0.29) is 16.9 Å². The molecule has 1 fully saturated rings. The van der Waals surface area contributed by atoms with E-state index in [1.165, 1.54) is 27.9 Å². The Labute approximate surface area is 197 Å². The maximum Gasteiger partial charge on any atom is 0.378 e. The Kier molecular flexibility index (Phi) is 7.94. The van der Waals surface area contributed by atoms with Crippen molar-refractivity contribution in [2.24, 2.45) is 12.8 Å². The summed E-state index contributed by atoms with van der Waals surface area (Å²) in [5.41, 5.74) is 4.31. The summed E-state index contributed by atoms with van der Waals surface area (Å²) in [7, 11) is 1.68. The molecule has 1 saturated heterocycles. The summed E-state index contributed by atoms with van der Waals surface area (Å²) in [6.45, 7) is 1.65. The maximum atomic E-state index is 11.8. The summed E-state index contributed by atoms with van der Waals surface area (Å²) >= 11 is 3.75. The van der Waals surface area contributed by atoms with Crippen LogP contribution in [0.15, 0.2) is 22.7 Å². The minimum Gasteiger partial charge on any atom is -0.472 e. The number of aromatic nitrogens is 4. The molecule has 4 heterocycles. The van der Waals surface area contributed by atoms with Crippen molar-refractivity contribution in [2.75, 3.05) is 12.9 Å². The highest BCUT2D eigenvalue weighted by Gasteiger charge is 2.54. The number of amides is 2. The first kappa shape index (κ1) is 24.7. The number of rotatable bonds is 6. The third kappa shape index (κ3) is 5.32. The number of hydrogen-bond acceptors (Lipinski definition) is 11. The first-order valence-electron chi connectivity index (χ1n) is 8.88. The van der Waals surface area contributed by atoms with Crippen LogP contribution in [0.4, 0.5) is 9.59 Å². The average Bonchev–Trinajstić information content (AvgIpc) is 3.38. The number of methoxy groups -OCH3 is 1. The second-order valence-electron chi connectivity index (χ2n) is 6.35. The number of fused-ring (bicyclic) bond motifs is 1. The van der Waals surface area contributed by atoms with Crippen molar-refractivity contribution in [3.05, 3.63) is 22.4 Å². The Morgan fingerprint density at radius 3 is 2.75 bits per heavy atom. The Morgan fingerprint density at radius 2 is 2.25 bits per heavy atom. The summed E-state index contributed by atoms with van der Waals surface area (Å²) in [4.78, 5) is 35.3. The number of hydrogen-bond donors (Lipinski definition) is 2. The topological polar surface area (TPSA) is 163 Å². The predicted molar refractivity (Wildman–Crippen MR) is 122 cm³/mol. The molecule has 2 aromatic heterocycles. The van der Waals surface area contributed by atoms with Crippen LogP contribution in [0.25, 0.3) is 0 Å². The number of carbonyl (C=O) groups excluding carboxylic acids is 2. The van der Waals surface area contributed by atoms with E-state index in [0.29, 0.717) is 16.4 Å². The molecular formula is C16H20N6O6S4. The molecule has 2 aromatic rings. The normalized spacial score (nSPS) is 24.3. The van der Waals surface area contributed by atoms with Crippen molar-refractivity contribution in [1.29, 1.82) is 0 Å². The van der Waals surface area contributed by atoms with Crippen molar-refractivity contribution in [3.63, 3.8) is 0 Å². The number of carbonyl (C=O) groups is 3. The van der Waals surface area contributed by atoms with E-state index in [4.69, 9.17) is 15.2 Å². The molecule has 3 N–H and O–H groups in total. The Hall–Kier alpha value is -1.98. The van der Waals surface area contributed by atoms with E-state index in [0.717, 1.165) is 16.6 Å². The van der Waals surface area contributed by atoms with Crippen molar-refractivity contribution in [1.82, 2.24) is 24.5 Å². The van der Waals surface area contributed by atoms with Gasteiger partial charge in [0.25, 0.3) is 5.24 Å². The van der Waals surface area contributed by atoms with E-state index in [1.807, 2.05) is 17.5 Å². The molecule has 0 radical (unpaired) electrons. The highest BCUT2D eigenvalue weighted by atomic mass is 32.2. The van der Waals surface area contributed by atoms with Gasteiger partial charge < -0.3 is 20.3 Å². The van der Waals surface area contributed by atoms with Gasteiger partial charge in [0.05, 0.1) is 11.3 Å². The van der Waals surface area contributed by atoms with Gasteiger partial charge in [0, 0.05) is 35.5 Å². The number of nitrogens with two attached hydrogens (primary N) is 1. The van der Waals surface area contributed by atoms with E-state index >= 15 is 0 Å². The van der Waals surface area contributed by atoms with Crippen molar-refractivity contribution in [3.8, 4) is 0 Å². The molecule has 0 bridgehead atoms. The van der Waals surface area contributed by atoms with Crippen molar-refractivity contribution < 1.29 is 29.0 Å². The van der Waals surface area contributed by atoms with Crippen molar-refractivity contribution in [2.45, 2.75) is 29.8 Å². The summed E-state index contributed by atoms with van der Waals surface area (Å²) < 4.78 is 13.9. The fourth-order valence-electron chi connectivity index (χ4n) is 2.60. The molecule has 0 saturated carbocycles. The zero-order chi connectivity index (χ0) is 23.5. The summed E-state index contributed by atoms with van der Waals surface area (Å²) in [5.74, 6) is -1.22. The lowest BCUT2D eigenvalue weighted by molar-refractivity contribution is -0.184. The van der Waals surface area contributed by atoms with Crippen LogP contribution < -0.4 is 5.73 Å². The second-order valence-corrected chi connectivity index (χ2v) is 11.1. The molecule has 2 aliphatic rings. The van der Waals surface area contributed by atoms with Crippen LogP contribution in [0.2, 0.25) is 0 Å². The van der Waals surface area contributed by atoms with Gasteiger partial charge in [0.15, 0.2) is 5.79 Å². The second kappa shape index (κ2) is 10.3. The highest BCUT2D eigenvalue weighted by molar-refractivity contribution is 8.30. The zero-order valence-corrected chi connectivity index (χ0v) is 20.4. The molecule has 16 heteroatoms. The Morgan fingerprint density at radius 1 is 1.50 bits per heavy atom. The minimum absolute atomic E-state index is 0.245. The van der Waals surface area contributed by atoms with Crippen LogP contribution >= 0.6 is 45.5 Å². The number of carboxylic acid groups (broad SMARTS) is 1. The molecule has 4 rings (SSSR count). The van der Waals surface area contributed by atoms with Gasteiger partial charge in [-0.15, -0.1) is 16.4 Å². The van der Waals surface area contributed by atoms with E-state index in [2.05, 4.69) is 15.5 Å². The molecule has 0 spiro atoms. The largest absolute Gasteiger partial charge is 0.472 e. The van der Waals surface area contributed by atoms with Gasteiger partial charge in [0.2, 0.25) is 16.6 Å². The van der Waals surface area contributed by atoms with Gasteiger partial charge in [-0.05, 0) is 40.6 Å². The molecule has 2 amide bonds. The molecule has 1 unspecified atom stereocenters. The number of ether oxygens (including phenoxy) is 2. The van der Waals surface area contributed by atoms with Gasteiger partial charge in [0.1, 0.15) is 0 Å². The number of thiophene rings is 1. The summed E-state index contributed by atoms with van der Waals surface area (Å²) in [5, 5.41) is 21.8. The first-order chi connectivity index (χ1) is 15.2. The van der Waals surface area contributed by atoms with E-state index < -0.39 is 27.3 Å². The molecule has 32 heavy (non-hydrogen) atoms. The number of primary amides is 1. The monoisotopic (exact) mass is 520 g/mol. The zero-order valence-electron chi connectivity index (χ0n) is 17.2. The fraction of sp³-hybridized carbons (Fsp3) is 0.438. The van der Waals surface area contributed by atoms with E-state index in [1.54, 1.807) is 25.3 Å². The van der Waals surface area contributed by atoms with Crippen LogP contribution in [-0.4, -0.2) is 75.1 Å². The standard InChI is InChI=1S/C10H13N5O5S3.C6H7NOS/c1-10(19-3)5(4-21-6-11-12-13-14(6)2)23(9(17)18)15-7(16)22-8(15)20-10;7-6(8)4-5-2-1-3-9-5/h8H,4H2,1-3H3,(H,17,18);1-3H,4H2,(H2,7,8)/t8-,10+,23?;/m0./s1. The molecular weight excluding hydrogens is 500 g/mol. The lowest BCUT2D eigenvalue weighted by atomic mass is 10.2. The van der Waals surface area contributed by atoms with Crippen molar-refractivity contribution >= 4 is 66.8 Å². The number of thioether (sulfide) groups is 2. The van der Waals surface area contributed by atoms with Crippen LogP contribution in [-0.2, 0) is 27.7 Å². The molecule has 12 nitrogen and oxygen atoms in total. The predicted octanol–water partition coefficient (Wildman–Crippen LogP) is 1.96. The Balaban J connectivity index is 0.000000269. The molecule has 3 atom stereocenters. The third-order valence-corrected chi connectivity index (χ3v) is 9.55. The quantitative estimate of drug-likeness (QED) is 0.423. The maximum absolute atomic E-state index is 11.8. The summed E-state index contributed by atoms with van der Waals surface area (Å²) in [6.07, 6.45) is 0.373. The molecule has 0 aliphatic carbocycles. The first-order valence-corrected chi connectivity index (χ1v) is 12.8. The minimum atomic E-state index is -1.44. The van der Waals surface area contributed by atoms with Gasteiger partial charge in [-0.2, -0.15) is 0 Å². The van der Waals surface area contributed by atoms with Gasteiger partial charge in [-0.3, -0.25) is 9.59 Å². The molecule has 2 aliphatic heterocycles. The smallest absolute Gasteiger partial charge is 0.378 e. The highest BCUT2D eigenvalue weighted by Crippen LogP contribution is 2.50. The fourth-order valence-corrected chi connectivity index (χ4v) is 7.62. The van der Waals surface area contributed by atoms with Crippen LogP contribution in [0.1, 0.15) is 11.8 Å². The Bertz CT molecular complexity index is 1040. The third-order valence-electron chi connectivity index (χ3n) is 4.23. The van der Waals surface area contributed by atoms with Gasteiger partial charge in [-0.1, -0.05) is 17.8 Å². The average molecular weight is 521 g/mol. The number of aryl methyl sites for hydroxylation is 1. The lowest BCUT2D eigenvalue weighted by Crippen LogP contribution is -2.59. The number of tetrazole rings is 1. The van der Waals surface area contributed by atoms with Crippen LogP contribution in [0.3, 0.4) is 0 Å². The lowest BCUT2D eigenvalue weighted by Gasteiger charge is -2.49. The van der Waals surface area contributed by atoms with E-state index in [9.17, 15) is 19.5 Å². The van der Waals surface area contributed by atoms with Gasteiger partial charge in [-0.25, -0.2) is 13.8 Å². The van der Waals surface area contributed by atoms with Gasteiger partial charge >= 0.3 is 5.30 Å². The molecule has 0 aromatic carbocycles.